The molecule has 1 aliphatic heterocycles. The van der Waals surface area contributed by atoms with Crippen molar-refractivity contribution in [1.82, 2.24) is 9.29 Å². The number of carbonyl (C=O) groups is 1. The van der Waals surface area contributed by atoms with Crippen molar-refractivity contribution >= 4 is 16.0 Å². The average molecular weight is 344 g/mol. The van der Waals surface area contributed by atoms with Crippen LogP contribution in [0, 0.1) is 5.82 Å². The summed E-state index contributed by atoms with van der Waals surface area (Å²) in [6.45, 7) is 0.0921. The van der Waals surface area contributed by atoms with E-state index in [1.165, 1.54) is 4.31 Å². The molecule has 0 aromatic carbocycles. The van der Waals surface area contributed by atoms with E-state index < -0.39 is 33.5 Å². The van der Waals surface area contributed by atoms with E-state index in [-0.39, 0.29) is 24.4 Å². The van der Waals surface area contributed by atoms with Gasteiger partial charge in [-0.25, -0.2) is 12.8 Å². The monoisotopic (exact) mass is 344 g/mol. The molecule has 1 N–H and O–H groups in total. The number of ether oxygens (including phenoxy) is 1. The number of morpholine rings is 1. The second kappa shape index (κ2) is 5.81. The molecular formula is C14H17FN2O5S. The van der Waals surface area contributed by atoms with Crippen LogP contribution in [-0.2, 0) is 19.6 Å². The van der Waals surface area contributed by atoms with Gasteiger partial charge in [0.25, 0.3) is 0 Å². The van der Waals surface area contributed by atoms with Crippen molar-refractivity contribution in [3.05, 3.63) is 24.3 Å². The number of hydrogen-bond acceptors (Lipinski definition) is 5. The smallest absolute Gasteiger partial charge is 0.306 e. The topological polar surface area (TPSA) is 96.8 Å². The molecule has 3 rings (SSSR count). The molecule has 0 radical (unpaired) electrons. The molecule has 1 aromatic rings. The molecule has 23 heavy (non-hydrogen) atoms. The maximum atomic E-state index is 13.3. The summed E-state index contributed by atoms with van der Waals surface area (Å²) in [5, 5.41) is 8.96. The second-order valence-corrected chi connectivity index (χ2v) is 7.95. The Hall–Kier alpha value is -1.58. The molecule has 1 saturated heterocycles. The van der Waals surface area contributed by atoms with Gasteiger partial charge in [-0.2, -0.15) is 4.31 Å². The van der Waals surface area contributed by atoms with Crippen molar-refractivity contribution in [2.45, 2.75) is 42.3 Å². The number of nitrogens with zero attached hydrogens (tertiary/aromatic N) is 2. The third-order valence-corrected chi connectivity index (χ3v) is 6.05. The summed E-state index contributed by atoms with van der Waals surface area (Å²) < 4.78 is 45.7. The Labute approximate surface area is 133 Å². The minimum absolute atomic E-state index is 0.0626. The van der Waals surface area contributed by atoms with Gasteiger partial charge in [0.2, 0.25) is 10.0 Å². The Morgan fingerprint density at radius 3 is 2.78 bits per heavy atom. The van der Waals surface area contributed by atoms with Crippen LogP contribution < -0.4 is 0 Å². The Bertz CT molecular complexity index is 720. The summed E-state index contributed by atoms with van der Waals surface area (Å²) in [4.78, 5) is 14.3. The maximum Gasteiger partial charge on any atom is 0.306 e. The zero-order valence-corrected chi connectivity index (χ0v) is 13.1. The Morgan fingerprint density at radius 1 is 1.48 bits per heavy atom. The molecular weight excluding hydrogens is 327 g/mol. The number of hydrogen-bond donors (Lipinski definition) is 1. The van der Waals surface area contributed by atoms with Crippen LogP contribution in [-0.4, -0.2) is 53.6 Å². The van der Waals surface area contributed by atoms with Crippen molar-refractivity contribution in [2.75, 3.05) is 13.1 Å². The number of pyridine rings is 1. The van der Waals surface area contributed by atoms with Gasteiger partial charge in [0.1, 0.15) is 10.7 Å². The van der Waals surface area contributed by atoms with Gasteiger partial charge in [-0.3, -0.25) is 9.78 Å². The predicted octanol–water partition coefficient (Wildman–Crippen LogP) is 1.01. The van der Waals surface area contributed by atoms with Crippen LogP contribution in [0.15, 0.2) is 23.4 Å². The zero-order chi connectivity index (χ0) is 16.7. The molecule has 7 nitrogen and oxygen atoms in total. The van der Waals surface area contributed by atoms with E-state index in [1.54, 1.807) is 0 Å². The van der Waals surface area contributed by atoms with Crippen LogP contribution >= 0.6 is 0 Å². The number of halogens is 1. The Balaban J connectivity index is 1.89. The lowest BCUT2D eigenvalue weighted by molar-refractivity contribution is -0.183. The SMILES string of the molecule is O=C(O)CC1CN(S(=O)(=O)c2cncc(F)c2)CC2(CCC2)O1. The first-order chi connectivity index (χ1) is 10.8. The summed E-state index contributed by atoms with van der Waals surface area (Å²) >= 11 is 0. The van der Waals surface area contributed by atoms with Crippen molar-refractivity contribution < 1.29 is 27.4 Å². The molecule has 1 unspecified atom stereocenters. The second-order valence-electron chi connectivity index (χ2n) is 6.01. The van der Waals surface area contributed by atoms with Crippen LogP contribution in [0.3, 0.4) is 0 Å². The summed E-state index contributed by atoms with van der Waals surface area (Å²) in [5.41, 5.74) is -0.619. The van der Waals surface area contributed by atoms with Gasteiger partial charge in [-0.15, -0.1) is 0 Å². The van der Waals surface area contributed by atoms with Crippen LogP contribution in [0.25, 0.3) is 0 Å². The summed E-state index contributed by atoms with van der Waals surface area (Å²) in [6.07, 6.45) is 3.34. The molecule has 9 heteroatoms. The lowest BCUT2D eigenvalue weighted by atomic mass is 9.79. The molecule has 1 spiro atoms. The third kappa shape index (κ3) is 3.22. The maximum absolute atomic E-state index is 13.3. The van der Waals surface area contributed by atoms with E-state index in [0.717, 1.165) is 24.9 Å². The van der Waals surface area contributed by atoms with E-state index in [4.69, 9.17) is 9.84 Å². The quantitative estimate of drug-likeness (QED) is 0.875. The lowest BCUT2D eigenvalue weighted by Gasteiger charge is -2.50. The number of aliphatic carboxylic acids is 1. The van der Waals surface area contributed by atoms with E-state index in [9.17, 15) is 17.6 Å². The molecule has 126 valence electrons. The zero-order valence-electron chi connectivity index (χ0n) is 12.3. The number of sulfonamides is 1. The standard InChI is InChI=1S/C14H17FN2O5S/c15-10-4-12(7-16-6-10)23(20,21)17-8-11(5-13(18)19)22-14(9-17)2-1-3-14/h4,6-7,11H,1-3,5,8-9H2,(H,18,19). The molecule has 1 aromatic heterocycles. The largest absolute Gasteiger partial charge is 0.481 e. The molecule has 1 atom stereocenters. The molecule has 0 bridgehead atoms. The van der Waals surface area contributed by atoms with Gasteiger partial charge in [0.15, 0.2) is 0 Å². The summed E-state index contributed by atoms with van der Waals surface area (Å²) in [7, 11) is -3.94. The van der Waals surface area contributed by atoms with Crippen LogP contribution in [0.1, 0.15) is 25.7 Å². The summed E-state index contributed by atoms with van der Waals surface area (Å²) in [6, 6.07) is 0.914. The number of aromatic nitrogens is 1. The normalized spacial score (nSPS) is 24.3. The van der Waals surface area contributed by atoms with Gasteiger partial charge in [-0.1, -0.05) is 0 Å². The first-order valence-corrected chi connectivity index (χ1v) is 8.75. The molecule has 1 aliphatic carbocycles. The average Bonchev–Trinajstić information content (AvgIpc) is 2.44. The van der Waals surface area contributed by atoms with Gasteiger partial charge in [-0.05, 0) is 25.3 Å². The fraction of sp³-hybridized carbons (Fsp3) is 0.571. The third-order valence-electron chi connectivity index (χ3n) is 4.27. The summed E-state index contributed by atoms with van der Waals surface area (Å²) in [5.74, 6) is -1.78. The van der Waals surface area contributed by atoms with Crippen molar-refractivity contribution in [1.29, 1.82) is 0 Å². The van der Waals surface area contributed by atoms with E-state index >= 15 is 0 Å². The fourth-order valence-electron chi connectivity index (χ4n) is 3.05. The van der Waals surface area contributed by atoms with E-state index in [1.807, 2.05) is 0 Å². The Morgan fingerprint density at radius 2 is 2.22 bits per heavy atom. The molecule has 2 aliphatic rings. The van der Waals surface area contributed by atoms with Crippen LogP contribution in [0.5, 0.6) is 0 Å². The first-order valence-electron chi connectivity index (χ1n) is 7.31. The van der Waals surface area contributed by atoms with Crippen molar-refractivity contribution in [2.24, 2.45) is 0 Å². The number of carboxylic acid groups (broad SMARTS) is 1. The first kappa shape index (κ1) is 16.3. The van der Waals surface area contributed by atoms with E-state index in [0.29, 0.717) is 12.8 Å². The highest BCUT2D eigenvalue weighted by Crippen LogP contribution is 2.41. The molecule has 0 amide bonds. The van der Waals surface area contributed by atoms with Crippen molar-refractivity contribution in [3.63, 3.8) is 0 Å². The minimum atomic E-state index is -3.94. The van der Waals surface area contributed by atoms with E-state index in [2.05, 4.69) is 4.98 Å². The van der Waals surface area contributed by atoms with Gasteiger partial charge in [0.05, 0.1) is 24.3 Å². The van der Waals surface area contributed by atoms with Crippen LogP contribution in [0.4, 0.5) is 4.39 Å². The van der Waals surface area contributed by atoms with Gasteiger partial charge < -0.3 is 9.84 Å². The van der Waals surface area contributed by atoms with Gasteiger partial charge in [0, 0.05) is 19.3 Å². The minimum Gasteiger partial charge on any atom is -0.481 e. The number of rotatable bonds is 4. The fourth-order valence-corrected chi connectivity index (χ4v) is 4.58. The highest BCUT2D eigenvalue weighted by Gasteiger charge is 2.48. The lowest BCUT2D eigenvalue weighted by Crippen LogP contribution is -2.60. The van der Waals surface area contributed by atoms with Gasteiger partial charge >= 0.3 is 5.97 Å². The highest BCUT2D eigenvalue weighted by atomic mass is 32.2. The predicted molar refractivity (Wildman–Crippen MR) is 76.7 cm³/mol. The Kier molecular flexibility index (Phi) is 4.11. The highest BCUT2D eigenvalue weighted by molar-refractivity contribution is 7.89. The van der Waals surface area contributed by atoms with Crippen LogP contribution in [0.2, 0.25) is 0 Å². The molecule has 2 fully saturated rings. The molecule has 2 heterocycles. The van der Waals surface area contributed by atoms with Crippen molar-refractivity contribution in [3.8, 4) is 0 Å². The number of carboxylic acids is 1. The molecule has 1 saturated carbocycles.